The van der Waals surface area contributed by atoms with Crippen molar-refractivity contribution in [1.82, 2.24) is 5.32 Å². The van der Waals surface area contributed by atoms with Gasteiger partial charge in [0.05, 0.1) is 0 Å². The van der Waals surface area contributed by atoms with Gasteiger partial charge in [0.25, 0.3) is 0 Å². The van der Waals surface area contributed by atoms with E-state index in [9.17, 15) is 0 Å². The summed E-state index contributed by atoms with van der Waals surface area (Å²) in [5.74, 6) is 3.05. The summed E-state index contributed by atoms with van der Waals surface area (Å²) in [6, 6.07) is 0.813. The molecule has 1 nitrogen and oxygen atoms in total. The number of thioether (sulfide) groups is 1. The molecule has 3 atom stereocenters. The fourth-order valence-electron chi connectivity index (χ4n) is 2.66. The molecule has 0 spiro atoms. The van der Waals surface area contributed by atoms with Crippen LogP contribution in [0.5, 0.6) is 0 Å². The zero-order chi connectivity index (χ0) is 11.1. The van der Waals surface area contributed by atoms with E-state index < -0.39 is 0 Å². The first-order valence-electron chi connectivity index (χ1n) is 6.50. The third-order valence-electron chi connectivity index (χ3n) is 3.61. The van der Waals surface area contributed by atoms with E-state index in [-0.39, 0.29) is 0 Å². The Morgan fingerprint density at radius 2 is 2.07 bits per heavy atom. The van der Waals surface area contributed by atoms with Gasteiger partial charge in [-0.15, -0.1) is 0 Å². The summed E-state index contributed by atoms with van der Waals surface area (Å²) in [6.45, 7) is 5.91. The van der Waals surface area contributed by atoms with Crippen molar-refractivity contribution in [3.8, 4) is 0 Å². The van der Waals surface area contributed by atoms with Crippen LogP contribution in [0.4, 0.5) is 0 Å². The molecule has 0 aromatic carbocycles. The minimum absolute atomic E-state index is 0.813. The van der Waals surface area contributed by atoms with Gasteiger partial charge < -0.3 is 5.32 Å². The minimum atomic E-state index is 0.813. The van der Waals surface area contributed by atoms with Crippen LogP contribution < -0.4 is 5.32 Å². The first-order valence-corrected chi connectivity index (χ1v) is 7.89. The van der Waals surface area contributed by atoms with Crippen LogP contribution in [0.3, 0.4) is 0 Å². The second-order valence-corrected chi connectivity index (χ2v) is 5.94. The number of hydrogen-bond acceptors (Lipinski definition) is 2. The molecule has 15 heavy (non-hydrogen) atoms. The third kappa shape index (κ3) is 4.78. The molecule has 0 amide bonds. The molecular formula is C13H27NS. The van der Waals surface area contributed by atoms with Crippen LogP contribution in [0, 0.1) is 11.8 Å². The van der Waals surface area contributed by atoms with E-state index in [0.717, 1.165) is 17.9 Å². The van der Waals surface area contributed by atoms with Crippen LogP contribution >= 0.6 is 11.8 Å². The highest BCUT2D eigenvalue weighted by Gasteiger charge is 2.23. The summed E-state index contributed by atoms with van der Waals surface area (Å²) in [7, 11) is 0. The molecule has 3 unspecified atom stereocenters. The number of hydrogen-bond donors (Lipinski definition) is 1. The lowest BCUT2D eigenvalue weighted by atomic mass is 9.83. The van der Waals surface area contributed by atoms with E-state index in [1.165, 1.54) is 44.4 Å². The predicted molar refractivity (Wildman–Crippen MR) is 71.6 cm³/mol. The topological polar surface area (TPSA) is 12.0 Å². The van der Waals surface area contributed by atoms with Crippen LogP contribution in [0.2, 0.25) is 0 Å². The van der Waals surface area contributed by atoms with Gasteiger partial charge in [-0.1, -0.05) is 33.1 Å². The lowest BCUT2D eigenvalue weighted by molar-refractivity contribution is 0.250. The average molecular weight is 229 g/mol. The fraction of sp³-hybridized carbons (Fsp3) is 1.00. The largest absolute Gasteiger partial charge is 0.313 e. The maximum absolute atomic E-state index is 3.79. The normalized spacial score (nSPS) is 29.0. The van der Waals surface area contributed by atoms with Crippen LogP contribution in [0.15, 0.2) is 0 Å². The van der Waals surface area contributed by atoms with Crippen LogP contribution in [0.1, 0.15) is 46.0 Å². The Kier molecular flexibility index (Phi) is 6.74. The highest BCUT2D eigenvalue weighted by molar-refractivity contribution is 7.98. The molecule has 1 saturated carbocycles. The van der Waals surface area contributed by atoms with Gasteiger partial charge >= 0.3 is 0 Å². The first-order chi connectivity index (χ1) is 7.27. The van der Waals surface area contributed by atoms with Crippen molar-refractivity contribution in [2.75, 3.05) is 18.6 Å². The molecule has 0 aromatic rings. The summed E-state index contributed by atoms with van der Waals surface area (Å²) in [4.78, 5) is 0. The molecule has 0 bridgehead atoms. The zero-order valence-electron chi connectivity index (χ0n) is 10.6. The van der Waals surface area contributed by atoms with E-state index in [2.05, 4.69) is 25.4 Å². The zero-order valence-corrected chi connectivity index (χ0v) is 11.4. The molecule has 1 aliphatic rings. The smallest absolute Gasteiger partial charge is 0.00953 e. The Bertz CT molecular complexity index is 161. The van der Waals surface area contributed by atoms with E-state index in [4.69, 9.17) is 0 Å². The average Bonchev–Trinajstić information content (AvgIpc) is 2.27. The Morgan fingerprint density at radius 1 is 1.33 bits per heavy atom. The molecular weight excluding hydrogens is 202 g/mol. The fourth-order valence-corrected chi connectivity index (χ4v) is 3.35. The van der Waals surface area contributed by atoms with Crippen molar-refractivity contribution in [1.29, 1.82) is 0 Å². The van der Waals surface area contributed by atoms with Gasteiger partial charge in [-0.2, -0.15) is 11.8 Å². The molecule has 0 radical (unpaired) electrons. The van der Waals surface area contributed by atoms with Crippen LogP contribution in [-0.4, -0.2) is 24.6 Å². The van der Waals surface area contributed by atoms with Crippen molar-refractivity contribution in [3.63, 3.8) is 0 Å². The lowest BCUT2D eigenvalue weighted by Gasteiger charge is -2.32. The van der Waals surface area contributed by atoms with Gasteiger partial charge in [-0.05, 0) is 43.2 Å². The second kappa shape index (κ2) is 7.56. The summed E-state index contributed by atoms with van der Waals surface area (Å²) in [5, 5.41) is 3.79. The summed E-state index contributed by atoms with van der Waals surface area (Å²) < 4.78 is 0. The van der Waals surface area contributed by atoms with Gasteiger partial charge in [0, 0.05) is 6.04 Å². The molecule has 1 aliphatic carbocycles. The monoisotopic (exact) mass is 229 g/mol. The first kappa shape index (κ1) is 13.4. The van der Waals surface area contributed by atoms with Crippen LogP contribution in [0.25, 0.3) is 0 Å². The van der Waals surface area contributed by atoms with Crippen molar-refractivity contribution < 1.29 is 0 Å². The van der Waals surface area contributed by atoms with E-state index >= 15 is 0 Å². The molecule has 0 aromatic heterocycles. The van der Waals surface area contributed by atoms with Gasteiger partial charge in [0.15, 0.2) is 0 Å². The molecule has 1 N–H and O–H groups in total. The highest BCUT2D eigenvalue weighted by Crippen LogP contribution is 2.26. The van der Waals surface area contributed by atoms with Gasteiger partial charge in [0.2, 0.25) is 0 Å². The Hall–Kier alpha value is 0.310. The molecule has 2 heteroatoms. The molecule has 0 aliphatic heterocycles. The lowest BCUT2D eigenvalue weighted by Crippen LogP contribution is -2.40. The standard InChI is InChI=1S/C13H27NS/c1-4-12-7-5-6-8-13(12)14-9-11(2)10-15-3/h11-14H,4-10H2,1-3H3. The maximum atomic E-state index is 3.79. The van der Waals surface area contributed by atoms with E-state index in [1.807, 2.05) is 11.8 Å². The number of rotatable bonds is 6. The third-order valence-corrected chi connectivity index (χ3v) is 4.52. The highest BCUT2D eigenvalue weighted by atomic mass is 32.2. The van der Waals surface area contributed by atoms with Crippen molar-refractivity contribution in [2.45, 2.75) is 52.0 Å². The SMILES string of the molecule is CCC1CCCCC1NCC(C)CSC. The summed E-state index contributed by atoms with van der Waals surface area (Å²) in [5.41, 5.74) is 0. The summed E-state index contributed by atoms with van der Waals surface area (Å²) >= 11 is 1.96. The van der Waals surface area contributed by atoms with Crippen molar-refractivity contribution in [2.24, 2.45) is 11.8 Å². The Balaban J connectivity index is 2.22. The Morgan fingerprint density at radius 3 is 2.73 bits per heavy atom. The van der Waals surface area contributed by atoms with Gasteiger partial charge in [0.1, 0.15) is 0 Å². The minimum Gasteiger partial charge on any atom is -0.313 e. The van der Waals surface area contributed by atoms with E-state index in [0.29, 0.717) is 0 Å². The Labute approximate surface area is 99.8 Å². The van der Waals surface area contributed by atoms with Crippen molar-refractivity contribution in [3.05, 3.63) is 0 Å². The molecule has 1 rings (SSSR count). The quantitative estimate of drug-likeness (QED) is 0.747. The molecule has 0 heterocycles. The maximum Gasteiger partial charge on any atom is 0.00953 e. The van der Waals surface area contributed by atoms with Crippen molar-refractivity contribution >= 4 is 11.8 Å². The van der Waals surface area contributed by atoms with Crippen LogP contribution in [-0.2, 0) is 0 Å². The second-order valence-electron chi connectivity index (χ2n) is 5.03. The predicted octanol–water partition coefficient (Wildman–Crippen LogP) is 3.54. The molecule has 90 valence electrons. The van der Waals surface area contributed by atoms with Gasteiger partial charge in [-0.25, -0.2) is 0 Å². The van der Waals surface area contributed by atoms with E-state index in [1.54, 1.807) is 0 Å². The number of nitrogens with one attached hydrogen (secondary N) is 1. The molecule has 0 saturated heterocycles. The summed E-state index contributed by atoms with van der Waals surface area (Å²) in [6.07, 6.45) is 9.30. The van der Waals surface area contributed by atoms with Gasteiger partial charge in [-0.3, -0.25) is 0 Å². The molecule has 1 fully saturated rings.